The standard InChI is InChI=1S/C20H26N2O3/c23-19(16-7-2-1-3-8-16)21-13-15-6-4-9-17(12-15)20(24)22-14-18-10-5-11-25-18/h4,6-7,9,12,18H,1-3,5,8,10-11,13-14H2,(H,21,23)(H,22,24). The van der Waals surface area contributed by atoms with Gasteiger partial charge in [-0.1, -0.05) is 18.2 Å². The van der Waals surface area contributed by atoms with Crippen LogP contribution in [0.15, 0.2) is 35.9 Å². The average molecular weight is 342 g/mol. The van der Waals surface area contributed by atoms with Crippen LogP contribution < -0.4 is 10.6 Å². The molecule has 3 rings (SSSR count). The molecule has 1 unspecified atom stereocenters. The molecule has 1 atom stereocenters. The number of nitrogens with one attached hydrogen (secondary N) is 2. The van der Waals surface area contributed by atoms with Crippen LogP contribution in [-0.2, 0) is 16.1 Å². The van der Waals surface area contributed by atoms with Gasteiger partial charge in [-0.2, -0.15) is 0 Å². The van der Waals surface area contributed by atoms with E-state index in [4.69, 9.17) is 4.74 Å². The normalized spacial score (nSPS) is 20.0. The summed E-state index contributed by atoms with van der Waals surface area (Å²) >= 11 is 0. The lowest BCUT2D eigenvalue weighted by Gasteiger charge is -2.13. The Kier molecular flexibility index (Phi) is 6.23. The van der Waals surface area contributed by atoms with E-state index in [1.165, 1.54) is 6.42 Å². The van der Waals surface area contributed by atoms with Crippen molar-refractivity contribution >= 4 is 11.8 Å². The summed E-state index contributed by atoms with van der Waals surface area (Å²) in [6, 6.07) is 7.40. The van der Waals surface area contributed by atoms with E-state index in [9.17, 15) is 9.59 Å². The van der Waals surface area contributed by atoms with E-state index >= 15 is 0 Å². The highest BCUT2D eigenvalue weighted by molar-refractivity contribution is 5.95. The summed E-state index contributed by atoms with van der Waals surface area (Å²) in [5.41, 5.74) is 2.42. The van der Waals surface area contributed by atoms with Crippen LogP contribution in [0.3, 0.4) is 0 Å². The van der Waals surface area contributed by atoms with Gasteiger partial charge in [0.25, 0.3) is 5.91 Å². The van der Waals surface area contributed by atoms with Crippen LogP contribution in [0.2, 0.25) is 0 Å². The highest BCUT2D eigenvalue weighted by Gasteiger charge is 2.17. The number of benzene rings is 1. The largest absolute Gasteiger partial charge is 0.376 e. The third-order valence-corrected chi connectivity index (χ3v) is 4.74. The van der Waals surface area contributed by atoms with Gasteiger partial charge in [-0.3, -0.25) is 9.59 Å². The van der Waals surface area contributed by atoms with Gasteiger partial charge >= 0.3 is 0 Å². The van der Waals surface area contributed by atoms with Crippen LogP contribution in [-0.4, -0.2) is 31.1 Å². The summed E-state index contributed by atoms with van der Waals surface area (Å²) in [4.78, 5) is 24.4. The minimum absolute atomic E-state index is 0.00735. The topological polar surface area (TPSA) is 67.4 Å². The molecule has 2 aliphatic rings. The fraction of sp³-hybridized carbons (Fsp3) is 0.500. The average Bonchev–Trinajstić information content (AvgIpc) is 3.19. The second-order valence-corrected chi connectivity index (χ2v) is 6.70. The van der Waals surface area contributed by atoms with Gasteiger partial charge in [0.1, 0.15) is 0 Å². The first-order chi connectivity index (χ1) is 12.2. The Hall–Kier alpha value is -2.14. The van der Waals surface area contributed by atoms with Crippen molar-refractivity contribution in [1.29, 1.82) is 0 Å². The molecule has 2 amide bonds. The van der Waals surface area contributed by atoms with Gasteiger partial charge < -0.3 is 15.4 Å². The maximum Gasteiger partial charge on any atom is 0.251 e. The Morgan fingerprint density at radius 3 is 2.80 bits per heavy atom. The van der Waals surface area contributed by atoms with Crippen molar-refractivity contribution < 1.29 is 14.3 Å². The van der Waals surface area contributed by atoms with Crippen LogP contribution in [0, 0.1) is 0 Å². The molecule has 1 heterocycles. The van der Waals surface area contributed by atoms with Crippen LogP contribution in [0.4, 0.5) is 0 Å². The van der Waals surface area contributed by atoms with Crippen LogP contribution >= 0.6 is 0 Å². The first kappa shape index (κ1) is 17.7. The fourth-order valence-corrected chi connectivity index (χ4v) is 3.28. The van der Waals surface area contributed by atoms with Crippen LogP contribution in [0.5, 0.6) is 0 Å². The number of amides is 2. The molecular weight excluding hydrogens is 316 g/mol. The molecule has 1 aromatic rings. The summed E-state index contributed by atoms with van der Waals surface area (Å²) < 4.78 is 5.52. The zero-order chi connectivity index (χ0) is 17.5. The monoisotopic (exact) mass is 342 g/mol. The Balaban J connectivity index is 1.50. The lowest BCUT2D eigenvalue weighted by molar-refractivity contribution is -0.117. The molecule has 5 nitrogen and oxygen atoms in total. The lowest BCUT2D eigenvalue weighted by atomic mass is 9.99. The van der Waals surface area contributed by atoms with Gasteiger partial charge in [0.15, 0.2) is 0 Å². The molecule has 1 fully saturated rings. The minimum Gasteiger partial charge on any atom is -0.376 e. The molecule has 0 aromatic heterocycles. The maximum atomic E-state index is 12.3. The summed E-state index contributed by atoms with van der Waals surface area (Å²) in [5.74, 6) is -0.0911. The number of hydrogen-bond donors (Lipinski definition) is 2. The fourth-order valence-electron chi connectivity index (χ4n) is 3.28. The molecule has 1 aliphatic heterocycles. The van der Waals surface area contributed by atoms with E-state index in [0.29, 0.717) is 18.7 Å². The molecule has 134 valence electrons. The zero-order valence-corrected chi connectivity index (χ0v) is 14.6. The summed E-state index contributed by atoms with van der Waals surface area (Å²) in [5, 5.41) is 5.88. The lowest BCUT2D eigenvalue weighted by Crippen LogP contribution is -2.31. The Morgan fingerprint density at radius 2 is 2.04 bits per heavy atom. The van der Waals surface area contributed by atoms with E-state index in [1.54, 1.807) is 6.07 Å². The molecular formula is C20H26N2O3. The van der Waals surface area contributed by atoms with Gasteiger partial charge in [0.05, 0.1) is 6.10 Å². The summed E-state index contributed by atoms with van der Waals surface area (Å²) in [7, 11) is 0. The van der Waals surface area contributed by atoms with Crippen molar-refractivity contribution in [2.24, 2.45) is 0 Å². The highest BCUT2D eigenvalue weighted by atomic mass is 16.5. The van der Waals surface area contributed by atoms with E-state index in [-0.39, 0.29) is 17.9 Å². The van der Waals surface area contributed by atoms with Crippen molar-refractivity contribution in [3.63, 3.8) is 0 Å². The molecule has 0 spiro atoms. The van der Waals surface area contributed by atoms with Gasteiger partial charge in [0.2, 0.25) is 5.91 Å². The Morgan fingerprint density at radius 1 is 1.12 bits per heavy atom. The molecule has 1 saturated heterocycles. The Bertz CT molecular complexity index is 648. The van der Waals surface area contributed by atoms with Crippen molar-refractivity contribution in [2.75, 3.05) is 13.2 Å². The van der Waals surface area contributed by atoms with Crippen molar-refractivity contribution in [1.82, 2.24) is 10.6 Å². The summed E-state index contributed by atoms with van der Waals surface area (Å²) in [6.45, 7) is 1.77. The number of carbonyl (C=O) groups excluding carboxylic acids is 2. The Labute approximate surface area is 148 Å². The zero-order valence-electron chi connectivity index (χ0n) is 14.6. The van der Waals surface area contributed by atoms with Gasteiger partial charge in [0, 0.05) is 30.8 Å². The molecule has 0 radical (unpaired) electrons. The van der Waals surface area contributed by atoms with Gasteiger partial charge in [-0.15, -0.1) is 0 Å². The van der Waals surface area contributed by atoms with Crippen LogP contribution in [0.1, 0.15) is 54.4 Å². The van der Waals surface area contributed by atoms with Crippen molar-refractivity contribution in [3.05, 3.63) is 47.0 Å². The van der Waals surface area contributed by atoms with Crippen LogP contribution in [0.25, 0.3) is 0 Å². The van der Waals surface area contributed by atoms with Gasteiger partial charge in [-0.25, -0.2) is 0 Å². The van der Waals surface area contributed by atoms with Gasteiger partial charge in [-0.05, 0) is 56.2 Å². The first-order valence-electron chi connectivity index (χ1n) is 9.18. The molecule has 1 aromatic carbocycles. The van der Waals surface area contributed by atoms with E-state index < -0.39 is 0 Å². The SMILES string of the molecule is O=C(NCc1cccc(C(=O)NCC2CCCO2)c1)C1=CCCCC1. The number of ether oxygens (including phenoxy) is 1. The molecule has 2 N–H and O–H groups in total. The smallest absolute Gasteiger partial charge is 0.251 e. The minimum atomic E-state index is -0.0985. The third-order valence-electron chi connectivity index (χ3n) is 4.74. The quantitative estimate of drug-likeness (QED) is 0.835. The molecule has 1 aliphatic carbocycles. The first-order valence-corrected chi connectivity index (χ1v) is 9.18. The van der Waals surface area contributed by atoms with Crippen molar-refractivity contribution in [3.8, 4) is 0 Å². The molecule has 0 bridgehead atoms. The molecule has 25 heavy (non-hydrogen) atoms. The number of allylic oxidation sites excluding steroid dienone is 1. The van der Waals surface area contributed by atoms with E-state index in [2.05, 4.69) is 10.6 Å². The maximum absolute atomic E-state index is 12.3. The van der Waals surface area contributed by atoms with E-state index in [0.717, 1.165) is 49.8 Å². The second kappa shape index (κ2) is 8.81. The van der Waals surface area contributed by atoms with Crippen molar-refractivity contribution in [2.45, 2.75) is 51.2 Å². The highest BCUT2D eigenvalue weighted by Crippen LogP contribution is 2.17. The van der Waals surface area contributed by atoms with E-state index in [1.807, 2.05) is 24.3 Å². The summed E-state index contributed by atoms with van der Waals surface area (Å²) in [6.07, 6.45) is 8.33. The number of carbonyl (C=O) groups is 2. The predicted molar refractivity (Wildman–Crippen MR) is 96.1 cm³/mol. The number of hydrogen-bond acceptors (Lipinski definition) is 3. The number of rotatable bonds is 6. The molecule has 5 heteroatoms. The molecule has 0 saturated carbocycles. The predicted octanol–water partition coefficient (Wildman–Crippen LogP) is 2.71. The second-order valence-electron chi connectivity index (χ2n) is 6.70. The third kappa shape index (κ3) is 5.16.